The second-order valence-electron chi connectivity index (χ2n) is 7.85. The molecule has 136 valence electrons. The fourth-order valence-electron chi connectivity index (χ4n) is 4.15. The molecule has 1 saturated heterocycles. The van der Waals surface area contributed by atoms with Gasteiger partial charge in [-0.15, -0.1) is 11.3 Å². The van der Waals surface area contributed by atoms with E-state index in [1.165, 1.54) is 12.0 Å². The summed E-state index contributed by atoms with van der Waals surface area (Å²) in [7, 11) is 0. The zero-order chi connectivity index (χ0) is 18.3. The van der Waals surface area contributed by atoms with Crippen molar-refractivity contribution in [3.05, 3.63) is 51.4 Å². The summed E-state index contributed by atoms with van der Waals surface area (Å²) < 4.78 is 0. The van der Waals surface area contributed by atoms with Crippen LogP contribution >= 0.6 is 11.3 Å². The van der Waals surface area contributed by atoms with E-state index in [1.807, 2.05) is 5.38 Å². The maximum absolute atomic E-state index is 12.8. The Morgan fingerprint density at radius 3 is 2.58 bits per heavy atom. The van der Waals surface area contributed by atoms with Crippen molar-refractivity contribution in [3.8, 4) is 11.1 Å². The summed E-state index contributed by atoms with van der Waals surface area (Å²) in [5, 5.41) is 2.76. The van der Waals surface area contributed by atoms with E-state index in [9.17, 15) is 4.79 Å². The van der Waals surface area contributed by atoms with E-state index >= 15 is 0 Å². The molecule has 4 rings (SSSR count). The summed E-state index contributed by atoms with van der Waals surface area (Å²) in [6.45, 7) is 9.54. The number of aryl methyl sites for hydroxylation is 1. The van der Waals surface area contributed by atoms with E-state index in [0.717, 1.165) is 41.4 Å². The van der Waals surface area contributed by atoms with Gasteiger partial charge in [0.1, 0.15) is 10.7 Å². The fraction of sp³-hybridized carbons (Fsp3) is 0.429. The molecule has 1 N–H and O–H groups in total. The average molecular weight is 368 g/mol. The number of fused-ring (bicyclic) bond motifs is 1. The van der Waals surface area contributed by atoms with Crippen molar-refractivity contribution in [2.24, 2.45) is 11.8 Å². The molecule has 2 atom stereocenters. The molecule has 5 heteroatoms. The predicted octanol–water partition coefficient (Wildman–Crippen LogP) is 4.44. The lowest BCUT2D eigenvalue weighted by molar-refractivity contribution is 0.131. The predicted molar refractivity (Wildman–Crippen MR) is 109 cm³/mol. The van der Waals surface area contributed by atoms with Crippen molar-refractivity contribution in [2.45, 2.75) is 33.7 Å². The Morgan fingerprint density at radius 1 is 1.19 bits per heavy atom. The Bertz CT molecular complexity index is 963. The number of hydrogen-bond acceptors (Lipinski definition) is 4. The highest BCUT2D eigenvalue weighted by molar-refractivity contribution is 7.17. The molecule has 1 aliphatic rings. The maximum atomic E-state index is 12.8. The number of H-pyrrole nitrogens is 1. The fourth-order valence-corrected chi connectivity index (χ4v) is 5.11. The number of aromatic amines is 1. The molecule has 0 unspecified atom stereocenters. The van der Waals surface area contributed by atoms with Gasteiger partial charge in [-0.25, -0.2) is 4.98 Å². The van der Waals surface area contributed by atoms with Gasteiger partial charge in [0.05, 0.1) is 11.9 Å². The van der Waals surface area contributed by atoms with Crippen molar-refractivity contribution >= 4 is 21.6 Å². The lowest BCUT2D eigenvalue weighted by Crippen LogP contribution is -2.38. The maximum Gasteiger partial charge on any atom is 0.260 e. The first kappa shape index (κ1) is 17.4. The second kappa shape index (κ2) is 6.97. The topological polar surface area (TPSA) is 49.0 Å². The van der Waals surface area contributed by atoms with E-state index in [1.54, 1.807) is 11.3 Å². The lowest BCUT2D eigenvalue weighted by atomic mass is 9.92. The third kappa shape index (κ3) is 3.46. The zero-order valence-electron chi connectivity index (χ0n) is 15.6. The van der Waals surface area contributed by atoms with Crippen LogP contribution < -0.4 is 5.56 Å². The minimum Gasteiger partial charge on any atom is -0.309 e. The molecule has 4 nitrogen and oxygen atoms in total. The molecule has 0 amide bonds. The van der Waals surface area contributed by atoms with Crippen LogP contribution in [-0.2, 0) is 6.54 Å². The molecular weight excluding hydrogens is 342 g/mol. The summed E-state index contributed by atoms with van der Waals surface area (Å²) in [6, 6.07) is 8.29. The normalized spacial score (nSPS) is 21.3. The minimum absolute atomic E-state index is 0.0278. The highest BCUT2D eigenvalue weighted by Crippen LogP contribution is 2.31. The van der Waals surface area contributed by atoms with Crippen molar-refractivity contribution in [3.63, 3.8) is 0 Å². The SMILES string of the molecule is Cc1ccc(-c2csc3nc(CN4C[C@H](C)C[C@@H](C)C4)[nH]c(=O)c23)cc1. The van der Waals surface area contributed by atoms with Crippen molar-refractivity contribution < 1.29 is 0 Å². The van der Waals surface area contributed by atoms with Crippen LogP contribution in [0.2, 0.25) is 0 Å². The Hall–Kier alpha value is -1.98. The number of rotatable bonds is 3. The van der Waals surface area contributed by atoms with Crippen LogP contribution in [0.4, 0.5) is 0 Å². The van der Waals surface area contributed by atoms with Gasteiger partial charge in [0, 0.05) is 24.0 Å². The molecule has 3 aromatic rings. The minimum atomic E-state index is -0.0278. The van der Waals surface area contributed by atoms with E-state index in [4.69, 9.17) is 4.98 Å². The molecule has 0 bridgehead atoms. The van der Waals surface area contributed by atoms with Gasteiger partial charge in [0.25, 0.3) is 5.56 Å². The molecule has 3 heterocycles. The smallest absolute Gasteiger partial charge is 0.260 e. The first-order chi connectivity index (χ1) is 12.5. The number of likely N-dealkylation sites (tertiary alicyclic amines) is 1. The van der Waals surface area contributed by atoms with E-state index in [-0.39, 0.29) is 5.56 Å². The van der Waals surface area contributed by atoms with Crippen LogP contribution in [0.5, 0.6) is 0 Å². The number of nitrogens with one attached hydrogen (secondary N) is 1. The van der Waals surface area contributed by atoms with Crippen LogP contribution in [0.15, 0.2) is 34.4 Å². The molecule has 1 aliphatic heterocycles. The standard InChI is InChI=1S/C21H25N3OS/c1-13-4-6-16(7-5-13)17-12-26-21-19(17)20(25)22-18(23-21)11-24-9-14(2)8-15(3)10-24/h4-7,12,14-15H,8-11H2,1-3H3,(H,22,23,25)/t14-,15-/m1/s1. The molecular formula is C21H25N3OS. The van der Waals surface area contributed by atoms with Gasteiger partial charge < -0.3 is 4.98 Å². The van der Waals surface area contributed by atoms with Gasteiger partial charge in [0.15, 0.2) is 0 Å². The van der Waals surface area contributed by atoms with Crippen LogP contribution in [0.3, 0.4) is 0 Å². The number of nitrogens with zero attached hydrogens (tertiary/aromatic N) is 2. The Labute approximate surface area is 157 Å². The van der Waals surface area contributed by atoms with Crippen LogP contribution in [0.25, 0.3) is 21.3 Å². The van der Waals surface area contributed by atoms with Gasteiger partial charge in [-0.3, -0.25) is 9.69 Å². The average Bonchev–Trinajstić information content (AvgIpc) is 2.99. The Kier molecular flexibility index (Phi) is 4.67. The number of aromatic nitrogens is 2. The van der Waals surface area contributed by atoms with Crippen LogP contribution in [0, 0.1) is 18.8 Å². The molecule has 26 heavy (non-hydrogen) atoms. The summed E-state index contributed by atoms with van der Waals surface area (Å²) in [6.07, 6.45) is 1.28. The number of thiophene rings is 1. The van der Waals surface area contributed by atoms with Crippen molar-refractivity contribution in [1.82, 2.24) is 14.9 Å². The van der Waals surface area contributed by atoms with Gasteiger partial charge >= 0.3 is 0 Å². The molecule has 2 aromatic heterocycles. The number of piperidine rings is 1. The van der Waals surface area contributed by atoms with E-state index < -0.39 is 0 Å². The summed E-state index contributed by atoms with van der Waals surface area (Å²) >= 11 is 1.55. The Balaban J connectivity index is 1.66. The first-order valence-corrected chi connectivity index (χ1v) is 10.2. The van der Waals surface area contributed by atoms with Gasteiger partial charge in [-0.1, -0.05) is 43.7 Å². The van der Waals surface area contributed by atoms with Crippen LogP contribution in [-0.4, -0.2) is 28.0 Å². The van der Waals surface area contributed by atoms with E-state index in [2.05, 4.69) is 54.9 Å². The number of benzene rings is 1. The molecule has 0 saturated carbocycles. The molecule has 0 radical (unpaired) electrons. The summed E-state index contributed by atoms with van der Waals surface area (Å²) in [5.74, 6) is 2.18. The molecule has 1 fully saturated rings. The summed E-state index contributed by atoms with van der Waals surface area (Å²) in [5.41, 5.74) is 3.23. The second-order valence-corrected chi connectivity index (χ2v) is 8.71. The third-order valence-electron chi connectivity index (χ3n) is 5.17. The highest BCUT2D eigenvalue weighted by Gasteiger charge is 2.23. The largest absolute Gasteiger partial charge is 0.309 e. The van der Waals surface area contributed by atoms with Gasteiger partial charge in [0.2, 0.25) is 0 Å². The van der Waals surface area contributed by atoms with Crippen LogP contribution in [0.1, 0.15) is 31.7 Å². The van der Waals surface area contributed by atoms with Gasteiger partial charge in [-0.2, -0.15) is 0 Å². The van der Waals surface area contributed by atoms with Crippen molar-refractivity contribution in [1.29, 1.82) is 0 Å². The van der Waals surface area contributed by atoms with Gasteiger partial charge in [-0.05, 0) is 30.7 Å². The lowest BCUT2D eigenvalue weighted by Gasteiger charge is -2.34. The highest BCUT2D eigenvalue weighted by atomic mass is 32.1. The zero-order valence-corrected chi connectivity index (χ0v) is 16.4. The third-order valence-corrected chi connectivity index (χ3v) is 6.05. The first-order valence-electron chi connectivity index (χ1n) is 9.29. The van der Waals surface area contributed by atoms with E-state index in [0.29, 0.717) is 17.2 Å². The summed E-state index contributed by atoms with van der Waals surface area (Å²) in [4.78, 5) is 23.8. The monoisotopic (exact) mass is 367 g/mol. The Morgan fingerprint density at radius 2 is 1.88 bits per heavy atom. The number of hydrogen-bond donors (Lipinski definition) is 1. The van der Waals surface area contributed by atoms with Crippen molar-refractivity contribution in [2.75, 3.05) is 13.1 Å². The molecule has 1 aromatic carbocycles. The quantitative estimate of drug-likeness (QED) is 0.745. The molecule has 0 spiro atoms. The molecule has 0 aliphatic carbocycles.